The molecule has 96 valence electrons. The summed E-state index contributed by atoms with van der Waals surface area (Å²) in [5, 5.41) is 9.73. The number of nitrogens with zero attached hydrogens (tertiary/aromatic N) is 2. The Labute approximate surface area is 119 Å². The summed E-state index contributed by atoms with van der Waals surface area (Å²) in [4.78, 5) is 16.5. The van der Waals surface area contributed by atoms with Crippen LogP contribution in [0.15, 0.2) is 29.9 Å². The second kappa shape index (κ2) is 5.83. The van der Waals surface area contributed by atoms with Crippen molar-refractivity contribution in [3.05, 3.63) is 45.4 Å². The van der Waals surface area contributed by atoms with E-state index in [-0.39, 0.29) is 5.78 Å². The number of ether oxygens (including phenoxy) is 1. The van der Waals surface area contributed by atoms with Gasteiger partial charge in [0.15, 0.2) is 5.78 Å². The molecular weight excluding hydrogens is 284 g/mol. The van der Waals surface area contributed by atoms with Crippen molar-refractivity contribution < 1.29 is 9.53 Å². The van der Waals surface area contributed by atoms with Crippen molar-refractivity contribution in [3.63, 3.8) is 0 Å². The number of ketones is 1. The Bertz CT molecular complexity index is 635. The Morgan fingerprint density at radius 3 is 2.95 bits per heavy atom. The number of carbonyl (C=O) groups excluding carboxylic acids is 1. The molecule has 2 rings (SSSR count). The minimum atomic E-state index is -0.950. The number of hydrogen-bond donors (Lipinski definition) is 0. The molecule has 0 fully saturated rings. The van der Waals surface area contributed by atoms with Crippen molar-refractivity contribution in [2.45, 2.75) is 5.92 Å². The van der Waals surface area contributed by atoms with E-state index in [9.17, 15) is 10.1 Å². The highest BCUT2D eigenvalue weighted by atomic mass is 35.5. The molecule has 0 spiro atoms. The van der Waals surface area contributed by atoms with E-state index in [1.54, 1.807) is 23.7 Å². The zero-order valence-corrected chi connectivity index (χ0v) is 11.5. The third-order valence-corrected chi connectivity index (χ3v) is 3.59. The summed E-state index contributed by atoms with van der Waals surface area (Å²) >= 11 is 7.12. The number of aromatic nitrogens is 1. The fourth-order valence-corrected chi connectivity index (χ4v) is 2.45. The van der Waals surface area contributed by atoms with Gasteiger partial charge in [-0.25, -0.2) is 0 Å². The van der Waals surface area contributed by atoms with E-state index < -0.39 is 5.92 Å². The standard InChI is InChI=1S/C13H9ClN2O2S/c1-18-11-3-2-8(14)4-9(11)10(5-15)13(17)12-6-16-7-19-12/h2-4,6-7,10H,1H3. The van der Waals surface area contributed by atoms with Crippen LogP contribution in [0.25, 0.3) is 0 Å². The summed E-state index contributed by atoms with van der Waals surface area (Å²) in [7, 11) is 1.48. The van der Waals surface area contributed by atoms with Crippen LogP contribution in [-0.2, 0) is 0 Å². The predicted molar refractivity (Wildman–Crippen MR) is 72.8 cm³/mol. The van der Waals surface area contributed by atoms with E-state index >= 15 is 0 Å². The Morgan fingerprint density at radius 2 is 2.37 bits per heavy atom. The van der Waals surface area contributed by atoms with Gasteiger partial charge in [0.05, 0.1) is 23.6 Å². The molecule has 0 aliphatic rings. The molecule has 1 unspecified atom stereocenters. The van der Waals surface area contributed by atoms with Crippen LogP contribution in [-0.4, -0.2) is 17.9 Å². The molecule has 2 aromatic rings. The topological polar surface area (TPSA) is 63.0 Å². The van der Waals surface area contributed by atoms with Gasteiger partial charge in [0, 0.05) is 16.8 Å². The summed E-state index contributed by atoms with van der Waals surface area (Å²) in [5.41, 5.74) is 2.02. The summed E-state index contributed by atoms with van der Waals surface area (Å²) in [6, 6.07) is 6.86. The number of methoxy groups -OCH3 is 1. The SMILES string of the molecule is COc1ccc(Cl)cc1C(C#N)C(=O)c1cncs1. The van der Waals surface area contributed by atoms with Crippen molar-refractivity contribution in [2.24, 2.45) is 0 Å². The number of halogens is 1. The fourth-order valence-electron chi connectivity index (χ4n) is 1.68. The molecule has 19 heavy (non-hydrogen) atoms. The molecule has 0 radical (unpaired) electrons. The lowest BCUT2D eigenvalue weighted by molar-refractivity contribution is 0.0981. The first-order valence-corrected chi connectivity index (χ1v) is 6.59. The quantitative estimate of drug-likeness (QED) is 0.811. The Morgan fingerprint density at radius 1 is 1.58 bits per heavy atom. The predicted octanol–water partition coefficient (Wildman–Crippen LogP) is 3.30. The highest BCUT2D eigenvalue weighted by molar-refractivity contribution is 7.11. The summed E-state index contributed by atoms with van der Waals surface area (Å²) in [6.07, 6.45) is 1.45. The smallest absolute Gasteiger partial charge is 0.196 e. The van der Waals surface area contributed by atoms with E-state index in [1.807, 2.05) is 6.07 Å². The molecule has 1 heterocycles. The minimum Gasteiger partial charge on any atom is -0.496 e. The molecule has 0 aliphatic carbocycles. The summed E-state index contributed by atoms with van der Waals surface area (Å²) in [6.45, 7) is 0. The fraction of sp³-hybridized carbons (Fsp3) is 0.154. The van der Waals surface area contributed by atoms with Gasteiger partial charge >= 0.3 is 0 Å². The highest BCUT2D eigenvalue weighted by Crippen LogP contribution is 2.32. The van der Waals surface area contributed by atoms with Crippen molar-refractivity contribution in [1.29, 1.82) is 5.26 Å². The lowest BCUT2D eigenvalue weighted by Gasteiger charge is -2.12. The van der Waals surface area contributed by atoms with Gasteiger partial charge in [-0.2, -0.15) is 5.26 Å². The lowest BCUT2D eigenvalue weighted by atomic mass is 9.94. The van der Waals surface area contributed by atoms with Crippen molar-refractivity contribution in [1.82, 2.24) is 4.98 Å². The number of hydrogen-bond acceptors (Lipinski definition) is 5. The number of rotatable bonds is 4. The third kappa shape index (κ3) is 2.75. The molecule has 1 atom stereocenters. The van der Waals surface area contributed by atoms with Crippen LogP contribution >= 0.6 is 22.9 Å². The van der Waals surface area contributed by atoms with Gasteiger partial charge in [-0.3, -0.25) is 9.78 Å². The first-order chi connectivity index (χ1) is 9.17. The van der Waals surface area contributed by atoms with E-state index in [1.165, 1.54) is 24.6 Å². The van der Waals surface area contributed by atoms with E-state index in [0.29, 0.717) is 21.2 Å². The highest BCUT2D eigenvalue weighted by Gasteiger charge is 2.26. The molecule has 1 aromatic carbocycles. The zero-order valence-electron chi connectivity index (χ0n) is 9.96. The van der Waals surface area contributed by atoms with Crippen molar-refractivity contribution >= 4 is 28.7 Å². The van der Waals surface area contributed by atoms with Crippen LogP contribution in [0, 0.1) is 11.3 Å². The lowest BCUT2D eigenvalue weighted by Crippen LogP contribution is -2.11. The monoisotopic (exact) mass is 292 g/mol. The Hall–Kier alpha value is -1.90. The number of thiazole rings is 1. The van der Waals surface area contributed by atoms with Crippen LogP contribution in [0.4, 0.5) is 0 Å². The maximum Gasteiger partial charge on any atom is 0.196 e. The van der Waals surface area contributed by atoms with Crippen LogP contribution in [0.3, 0.4) is 0 Å². The molecule has 0 amide bonds. The number of nitriles is 1. The molecule has 1 aromatic heterocycles. The molecule has 0 aliphatic heterocycles. The maximum absolute atomic E-state index is 12.3. The largest absolute Gasteiger partial charge is 0.496 e. The van der Waals surface area contributed by atoms with Crippen LogP contribution in [0.1, 0.15) is 21.2 Å². The molecule has 0 saturated carbocycles. The molecule has 0 saturated heterocycles. The minimum absolute atomic E-state index is 0.300. The van der Waals surface area contributed by atoms with Gasteiger partial charge < -0.3 is 4.74 Å². The van der Waals surface area contributed by atoms with Gasteiger partial charge in [-0.1, -0.05) is 11.6 Å². The molecular formula is C13H9ClN2O2S. The molecule has 6 heteroatoms. The van der Waals surface area contributed by atoms with E-state index in [4.69, 9.17) is 16.3 Å². The molecule has 0 N–H and O–H groups in total. The van der Waals surface area contributed by atoms with Gasteiger partial charge in [0.1, 0.15) is 11.7 Å². The number of benzene rings is 1. The van der Waals surface area contributed by atoms with Gasteiger partial charge in [0.25, 0.3) is 0 Å². The maximum atomic E-state index is 12.3. The Balaban J connectivity index is 2.46. The Kier molecular flexibility index (Phi) is 4.15. The van der Waals surface area contributed by atoms with Gasteiger partial charge in [-0.05, 0) is 18.2 Å². The number of Topliss-reactive ketones (excluding diaryl/α,β-unsaturated/α-hetero) is 1. The van der Waals surface area contributed by atoms with Crippen LogP contribution in [0.5, 0.6) is 5.75 Å². The summed E-state index contributed by atoms with van der Waals surface area (Å²) in [5.74, 6) is -0.784. The van der Waals surface area contributed by atoms with Crippen molar-refractivity contribution in [2.75, 3.05) is 7.11 Å². The first kappa shape index (κ1) is 13.5. The first-order valence-electron chi connectivity index (χ1n) is 5.33. The molecule has 4 nitrogen and oxygen atoms in total. The second-order valence-corrected chi connectivity index (χ2v) is 5.00. The normalized spacial score (nSPS) is 11.6. The number of carbonyl (C=O) groups is 1. The van der Waals surface area contributed by atoms with Crippen molar-refractivity contribution in [3.8, 4) is 11.8 Å². The third-order valence-electron chi connectivity index (χ3n) is 2.57. The average molecular weight is 293 g/mol. The summed E-state index contributed by atoms with van der Waals surface area (Å²) < 4.78 is 5.18. The van der Waals surface area contributed by atoms with Gasteiger partial charge in [-0.15, -0.1) is 11.3 Å². The van der Waals surface area contributed by atoms with E-state index in [0.717, 1.165) is 0 Å². The van der Waals surface area contributed by atoms with Crippen LogP contribution in [0.2, 0.25) is 5.02 Å². The zero-order chi connectivity index (χ0) is 13.8. The molecule has 0 bridgehead atoms. The average Bonchev–Trinajstić information content (AvgIpc) is 2.93. The second-order valence-electron chi connectivity index (χ2n) is 3.68. The van der Waals surface area contributed by atoms with Gasteiger partial charge in [0.2, 0.25) is 0 Å². The van der Waals surface area contributed by atoms with E-state index in [2.05, 4.69) is 4.98 Å². The van der Waals surface area contributed by atoms with Crippen LogP contribution < -0.4 is 4.74 Å².